The molecule has 3 nitrogen and oxygen atoms in total. The van der Waals surface area contributed by atoms with Gasteiger partial charge in [-0.3, -0.25) is 0 Å². The van der Waals surface area contributed by atoms with E-state index >= 15 is 0 Å². The van der Waals surface area contributed by atoms with E-state index in [0.717, 1.165) is 22.5 Å². The third-order valence-electron chi connectivity index (χ3n) is 3.96. The van der Waals surface area contributed by atoms with E-state index in [-0.39, 0.29) is 0 Å². The van der Waals surface area contributed by atoms with Crippen molar-refractivity contribution >= 4 is 16.6 Å². The largest absolute Gasteiger partial charge is 0.506 e. The zero-order valence-corrected chi connectivity index (χ0v) is 12.9. The fourth-order valence-electron chi connectivity index (χ4n) is 2.77. The molecular formula is C18H20N2O. The van der Waals surface area contributed by atoms with Crippen LogP contribution in [-0.2, 0) is 0 Å². The van der Waals surface area contributed by atoms with Crippen LogP contribution in [0.5, 0.6) is 5.75 Å². The Balaban J connectivity index is 2.21. The van der Waals surface area contributed by atoms with Crippen molar-refractivity contribution in [1.29, 1.82) is 0 Å². The van der Waals surface area contributed by atoms with Gasteiger partial charge in [-0.15, -0.1) is 0 Å². The van der Waals surface area contributed by atoms with Crippen LogP contribution >= 0.6 is 0 Å². The van der Waals surface area contributed by atoms with Crippen LogP contribution in [0, 0.1) is 13.8 Å². The molecule has 21 heavy (non-hydrogen) atoms. The van der Waals surface area contributed by atoms with Crippen molar-refractivity contribution in [1.82, 2.24) is 4.98 Å². The Hall–Kier alpha value is -2.42. The lowest BCUT2D eigenvalue weighted by molar-refractivity contribution is 0.476. The summed E-state index contributed by atoms with van der Waals surface area (Å²) in [4.78, 5) is 5.41. The summed E-state index contributed by atoms with van der Waals surface area (Å²) in [5, 5.41) is 11.2. The summed E-state index contributed by atoms with van der Waals surface area (Å²) in [6, 6.07) is 12.2. The highest BCUT2D eigenvalue weighted by Crippen LogP contribution is 2.35. The average Bonchev–Trinajstić information content (AvgIpc) is 2.76. The molecule has 0 saturated carbocycles. The molecule has 0 spiro atoms. The number of rotatable bonds is 2. The molecule has 3 heteroatoms. The molecule has 0 amide bonds. The SMILES string of the molecule is Cc1ccc2[nH]c(-c3ccc(O)c(N(C)C)c3)c(C)c2c1. The molecule has 3 aromatic rings. The zero-order valence-electron chi connectivity index (χ0n) is 12.9. The van der Waals surface area contributed by atoms with E-state index in [9.17, 15) is 5.11 Å². The fourth-order valence-corrected chi connectivity index (χ4v) is 2.77. The summed E-state index contributed by atoms with van der Waals surface area (Å²) in [7, 11) is 3.86. The number of aromatic nitrogens is 1. The van der Waals surface area contributed by atoms with Gasteiger partial charge in [0, 0.05) is 36.3 Å². The Bertz CT molecular complexity index is 815. The van der Waals surface area contributed by atoms with Crippen LogP contribution in [0.4, 0.5) is 5.69 Å². The molecule has 0 fully saturated rings. The van der Waals surface area contributed by atoms with E-state index in [1.807, 2.05) is 31.1 Å². The van der Waals surface area contributed by atoms with Crippen molar-refractivity contribution in [3.05, 3.63) is 47.5 Å². The highest BCUT2D eigenvalue weighted by molar-refractivity contribution is 5.91. The topological polar surface area (TPSA) is 39.3 Å². The Morgan fingerprint density at radius 1 is 1.00 bits per heavy atom. The van der Waals surface area contributed by atoms with Crippen molar-refractivity contribution in [2.75, 3.05) is 19.0 Å². The number of H-pyrrole nitrogens is 1. The van der Waals surface area contributed by atoms with Gasteiger partial charge in [0.25, 0.3) is 0 Å². The molecule has 0 aliphatic rings. The minimum atomic E-state index is 0.299. The first-order valence-electron chi connectivity index (χ1n) is 7.07. The maximum atomic E-state index is 9.95. The van der Waals surface area contributed by atoms with Gasteiger partial charge in [0.1, 0.15) is 5.75 Å². The van der Waals surface area contributed by atoms with Crippen LogP contribution in [0.25, 0.3) is 22.2 Å². The molecule has 1 heterocycles. The number of anilines is 1. The number of nitrogens with zero attached hydrogens (tertiary/aromatic N) is 1. The summed E-state index contributed by atoms with van der Waals surface area (Å²) < 4.78 is 0. The molecule has 0 radical (unpaired) electrons. The summed E-state index contributed by atoms with van der Waals surface area (Å²) in [6.45, 7) is 4.24. The molecule has 1 aromatic heterocycles. The standard InChI is InChI=1S/C18H20N2O/c1-11-5-7-15-14(9-11)12(2)18(19-15)13-6-8-17(21)16(10-13)20(3)4/h5-10,19,21H,1-4H3. The minimum absolute atomic E-state index is 0.299. The smallest absolute Gasteiger partial charge is 0.138 e. The predicted octanol–water partition coefficient (Wildman–Crippen LogP) is 4.22. The molecular weight excluding hydrogens is 260 g/mol. The zero-order chi connectivity index (χ0) is 15.1. The third kappa shape index (κ3) is 2.25. The number of benzene rings is 2. The number of phenols is 1. The van der Waals surface area contributed by atoms with Gasteiger partial charge in [0.05, 0.1) is 5.69 Å². The Labute approximate surface area is 124 Å². The van der Waals surface area contributed by atoms with Crippen LogP contribution in [0.2, 0.25) is 0 Å². The first kappa shape index (κ1) is 13.6. The number of nitrogens with one attached hydrogen (secondary N) is 1. The number of aryl methyl sites for hydroxylation is 2. The Morgan fingerprint density at radius 2 is 1.76 bits per heavy atom. The second kappa shape index (κ2) is 4.85. The number of fused-ring (bicyclic) bond motifs is 1. The van der Waals surface area contributed by atoms with Gasteiger partial charge < -0.3 is 15.0 Å². The molecule has 0 aliphatic carbocycles. The van der Waals surface area contributed by atoms with Crippen LogP contribution in [0.15, 0.2) is 36.4 Å². The van der Waals surface area contributed by atoms with E-state index in [2.05, 4.69) is 37.0 Å². The number of aromatic hydroxyl groups is 1. The van der Waals surface area contributed by atoms with Crippen molar-refractivity contribution < 1.29 is 5.11 Å². The van der Waals surface area contributed by atoms with Crippen LogP contribution < -0.4 is 4.90 Å². The average molecular weight is 280 g/mol. The van der Waals surface area contributed by atoms with E-state index in [4.69, 9.17) is 0 Å². The predicted molar refractivity (Wildman–Crippen MR) is 89.2 cm³/mol. The second-order valence-corrected chi connectivity index (χ2v) is 5.77. The number of hydrogen-bond acceptors (Lipinski definition) is 2. The highest BCUT2D eigenvalue weighted by atomic mass is 16.3. The first-order chi connectivity index (χ1) is 9.97. The van der Waals surface area contributed by atoms with Crippen LogP contribution in [0.1, 0.15) is 11.1 Å². The summed E-state index contributed by atoms with van der Waals surface area (Å²) in [5.41, 5.74) is 6.66. The molecule has 3 rings (SSSR count). The van der Waals surface area contributed by atoms with E-state index in [0.29, 0.717) is 5.75 Å². The summed E-state index contributed by atoms with van der Waals surface area (Å²) in [6.07, 6.45) is 0. The molecule has 0 saturated heterocycles. The van der Waals surface area contributed by atoms with Crippen molar-refractivity contribution in [3.8, 4) is 17.0 Å². The molecule has 108 valence electrons. The quantitative estimate of drug-likeness (QED) is 0.737. The Morgan fingerprint density at radius 3 is 2.48 bits per heavy atom. The van der Waals surface area contributed by atoms with E-state index in [1.54, 1.807) is 6.07 Å². The normalized spacial score (nSPS) is 11.0. The lowest BCUT2D eigenvalue weighted by Gasteiger charge is -2.15. The maximum absolute atomic E-state index is 9.95. The molecule has 0 bridgehead atoms. The van der Waals surface area contributed by atoms with Crippen LogP contribution in [-0.4, -0.2) is 24.2 Å². The molecule has 0 atom stereocenters. The van der Waals surface area contributed by atoms with Crippen molar-refractivity contribution in [2.24, 2.45) is 0 Å². The third-order valence-corrected chi connectivity index (χ3v) is 3.96. The van der Waals surface area contributed by atoms with Gasteiger partial charge in [0.15, 0.2) is 0 Å². The van der Waals surface area contributed by atoms with Gasteiger partial charge in [-0.2, -0.15) is 0 Å². The summed E-state index contributed by atoms with van der Waals surface area (Å²) in [5.74, 6) is 0.299. The lowest BCUT2D eigenvalue weighted by Crippen LogP contribution is -2.08. The highest BCUT2D eigenvalue weighted by Gasteiger charge is 2.12. The minimum Gasteiger partial charge on any atom is -0.506 e. The molecule has 0 aliphatic heterocycles. The first-order valence-corrected chi connectivity index (χ1v) is 7.07. The van der Waals surface area contributed by atoms with Gasteiger partial charge in [0.2, 0.25) is 0 Å². The van der Waals surface area contributed by atoms with E-state index in [1.165, 1.54) is 16.5 Å². The number of aromatic amines is 1. The van der Waals surface area contributed by atoms with Crippen LogP contribution in [0.3, 0.4) is 0 Å². The summed E-state index contributed by atoms with van der Waals surface area (Å²) >= 11 is 0. The van der Waals surface area contributed by atoms with Gasteiger partial charge in [-0.1, -0.05) is 11.6 Å². The monoisotopic (exact) mass is 280 g/mol. The van der Waals surface area contributed by atoms with E-state index < -0.39 is 0 Å². The molecule has 2 aromatic carbocycles. The number of phenolic OH excluding ortho intramolecular Hbond substituents is 1. The molecule has 0 unspecified atom stereocenters. The Kier molecular flexibility index (Phi) is 3.13. The van der Waals surface area contributed by atoms with Gasteiger partial charge >= 0.3 is 0 Å². The fraction of sp³-hybridized carbons (Fsp3) is 0.222. The van der Waals surface area contributed by atoms with Gasteiger partial charge in [-0.25, -0.2) is 0 Å². The molecule has 2 N–H and O–H groups in total. The van der Waals surface area contributed by atoms with Crippen molar-refractivity contribution in [3.63, 3.8) is 0 Å². The maximum Gasteiger partial charge on any atom is 0.138 e. The number of hydrogen-bond donors (Lipinski definition) is 2. The lowest BCUT2D eigenvalue weighted by atomic mass is 10.0. The van der Waals surface area contributed by atoms with Crippen molar-refractivity contribution in [2.45, 2.75) is 13.8 Å². The second-order valence-electron chi connectivity index (χ2n) is 5.77. The van der Waals surface area contributed by atoms with Gasteiger partial charge in [-0.05, 0) is 49.7 Å².